The fourth-order valence-corrected chi connectivity index (χ4v) is 2.99. The summed E-state index contributed by atoms with van der Waals surface area (Å²) in [6.07, 6.45) is -4.40. The minimum absolute atomic E-state index is 0.171. The van der Waals surface area contributed by atoms with Crippen LogP contribution in [-0.2, 0) is 4.79 Å². The largest absolute Gasteiger partial charge is 0.477 e. The first-order chi connectivity index (χ1) is 16.7. The maximum absolute atomic E-state index is 13.8. The van der Waals surface area contributed by atoms with E-state index in [-0.39, 0.29) is 12.8 Å². The maximum atomic E-state index is 13.8. The van der Waals surface area contributed by atoms with Crippen molar-refractivity contribution in [2.75, 3.05) is 0 Å². The van der Waals surface area contributed by atoms with Gasteiger partial charge >= 0.3 is 53.3 Å². The molecule has 1 N–H and O–H groups in total. The number of hydrogen-bond acceptors (Lipinski definition) is 1. The van der Waals surface area contributed by atoms with Crippen molar-refractivity contribution in [3.8, 4) is 0 Å². The van der Waals surface area contributed by atoms with Gasteiger partial charge < -0.3 is 5.11 Å². The minimum Gasteiger partial charge on any atom is -0.477 e. The summed E-state index contributed by atoms with van der Waals surface area (Å²) in [6, 6.07) is 0. The molecule has 228 valence electrons. The number of unbranched alkanes of at least 4 members (excludes halogenated alkanes) is 6. The number of carboxylic acid groups (broad SMARTS) is 1. The number of carboxylic acids is 1. The van der Waals surface area contributed by atoms with Crippen molar-refractivity contribution in [3.63, 3.8) is 0 Å². The highest BCUT2D eigenvalue weighted by Crippen LogP contribution is 2.64. The van der Waals surface area contributed by atoms with Gasteiger partial charge in [0.25, 0.3) is 0 Å². The Hall–Kier alpha value is -1.72. The molecular weight excluding hydrogens is 583 g/mol. The summed E-state index contributed by atoms with van der Waals surface area (Å²) in [5, 5.41) is 7.80. The molecule has 0 heterocycles. The van der Waals surface area contributed by atoms with Gasteiger partial charge in [-0.05, 0) is 6.42 Å². The van der Waals surface area contributed by atoms with E-state index in [2.05, 4.69) is 0 Å². The van der Waals surface area contributed by atoms with Crippen molar-refractivity contribution < 1.29 is 84.5 Å². The van der Waals surface area contributed by atoms with Gasteiger partial charge in [0.15, 0.2) is 6.17 Å². The van der Waals surface area contributed by atoms with Crippen LogP contribution in [0.3, 0.4) is 0 Å². The quantitative estimate of drug-likeness (QED) is 0.133. The zero-order chi connectivity index (χ0) is 30.8. The monoisotopic (exact) mass is 604 g/mol. The van der Waals surface area contributed by atoms with E-state index in [4.69, 9.17) is 5.11 Å². The van der Waals surface area contributed by atoms with Gasteiger partial charge in [-0.15, -0.1) is 0 Å². The standard InChI is InChI=1S/C19H21F17O2/c1-2-3-4-5-6-7-8-9-10(20)12(21,22)14(25,26)16(29,30)18(33,34)19(35,36)17(31,32)15(27,28)13(23,24)11(37)38/h10H,2-9H2,1H3,(H,37,38). The summed E-state index contributed by atoms with van der Waals surface area (Å²) in [5.41, 5.74) is 0. The molecule has 0 saturated carbocycles. The first-order valence-electron chi connectivity index (χ1n) is 10.6. The van der Waals surface area contributed by atoms with Crippen molar-refractivity contribution in [1.29, 1.82) is 0 Å². The van der Waals surface area contributed by atoms with Crippen LogP contribution in [0.25, 0.3) is 0 Å². The summed E-state index contributed by atoms with van der Waals surface area (Å²) >= 11 is 0. The van der Waals surface area contributed by atoms with Gasteiger partial charge in [0.2, 0.25) is 0 Å². The predicted molar refractivity (Wildman–Crippen MR) is 94.7 cm³/mol. The molecule has 0 fully saturated rings. The third kappa shape index (κ3) is 5.61. The van der Waals surface area contributed by atoms with Crippen molar-refractivity contribution in [2.24, 2.45) is 0 Å². The number of carbonyl (C=O) groups is 1. The van der Waals surface area contributed by atoms with Crippen LogP contribution in [0.4, 0.5) is 74.6 Å². The predicted octanol–water partition coefficient (Wildman–Crippen LogP) is 8.63. The third-order valence-electron chi connectivity index (χ3n) is 5.51. The fourth-order valence-electron chi connectivity index (χ4n) is 2.99. The number of hydrogen-bond donors (Lipinski definition) is 1. The summed E-state index contributed by atoms with van der Waals surface area (Å²) < 4.78 is 230. The maximum Gasteiger partial charge on any atom is 0.410 e. The Balaban J connectivity index is 6.20. The van der Waals surface area contributed by atoms with Crippen LogP contribution < -0.4 is 0 Å². The van der Waals surface area contributed by atoms with E-state index in [1.54, 1.807) is 0 Å². The van der Waals surface area contributed by atoms with Crippen LogP contribution in [0, 0.1) is 0 Å². The van der Waals surface area contributed by atoms with E-state index in [9.17, 15) is 79.4 Å². The van der Waals surface area contributed by atoms with Crippen LogP contribution in [0.5, 0.6) is 0 Å². The highest BCUT2D eigenvalue weighted by molar-refractivity contribution is 5.77. The van der Waals surface area contributed by atoms with E-state index in [0.717, 1.165) is 12.8 Å². The molecule has 0 saturated heterocycles. The summed E-state index contributed by atoms with van der Waals surface area (Å²) in [6.45, 7) is 1.81. The van der Waals surface area contributed by atoms with E-state index in [0.29, 0.717) is 12.8 Å². The summed E-state index contributed by atoms with van der Waals surface area (Å²) in [5.74, 6) is -69.4. The summed E-state index contributed by atoms with van der Waals surface area (Å²) in [4.78, 5) is 10.0. The lowest BCUT2D eigenvalue weighted by Crippen LogP contribution is -2.75. The lowest BCUT2D eigenvalue weighted by Gasteiger charge is -2.43. The van der Waals surface area contributed by atoms with Gasteiger partial charge in [-0.25, -0.2) is 9.18 Å². The molecule has 0 spiro atoms. The van der Waals surface area contributed by atoms with E-state index < -0.39 is 72.4 Å². The topological polar surface area (TPSA) is 37.3 Å². The Kier molecular flexibility index (Phi) is 10.9. The molecule has 0 rings (SSSR count). The van der Waals surface area contributed by atoms with Gasteiger partial charge in [-0.3, -0.25) is 0 Å². The molecular formula is C19H21F17O2. The second-order valence-corrected chi connectivity index (χ2v) is 8.33. The van der Waals surface area contributed by atoms with Crippen LogP contribution >= 0.6 is 0 Å². The van der Waals surface area contributed by atoms with Gasteiger partial charge in [-0.1, -0.05) is 51.9 Å². The van der Waals surface area contributed by atoms with Crippen LogP contribution in [-0.4, -0.2) is 64.6 Å². The number of alkyl halides is 17. The van der Waals surface area contributed by atoms with Crippen LogP contribution in [0.2, 0.25) is 0 Å². The first kappa shape index (κ1) is 36.3. The Morgan fingerprint density at radius 1 is 0.553 bits per heavy atom. The molecule has 0 amide bonds. The van der Waals surface area contributed by atoms with Gasteiger partial charge in [0.05, 0.1) is 0 Å². The normalized spacial score (nSPS) is 16.1. The molecule has 0 radical (unpaired) electrons. The SMILES string of the molecule is CCCCCCCCCC(F)C(F)(F)C(F)(F)C(F)(F)C(F)(F)C(F)(F)C(F)(F)C(F)(F)C(F)(F)C(=O)O. The average Bonchev–Trinajstić information content (AvgIpc) is 2.76. The second kappa shape index (κ2) is 11.4. The Morgan fingerprint density at radius 2 is 0.868 bits per heavy atom. The van der Waals surface area contributed by atoms with Crippen molar-refractivity contribution >= 4 is 5.97 Å². The van der Waals surface area contributed by atoms with Crippen LogP contribution in [0.1, 0.15) is 58.3 Å². The van der Waals surface area contributed by atoms with Gasteiger partial charge in [0, 0.05) is 0 Å². The van der Waals surface area contributed by atoms with E-state index in [1.165, 1.54) is 0 Å². The fraction of sp³-hybridized carbons (Fsp3) is 0.947. The third-order valence-corrected chi connectivity index (χ3v) is 5.51. The zero-order valence-electron chi connectivity index (χ0n) is 19.0. The molecule has 0 aliphatic rings. The molecule has 0 aliphatic heterocycles. The number of aliphatic carboxylic acids is 1. The Morgan fingerprint density at radius 3 is 1.24 bits per heavy atom. The van der Waals surface area contributed by atoms with Crippen molar-refractivity contribution in [2.45, 2.75) is 112 Å². The number of rotatable bonds is 17. The second-order valence-electron chi connectivity index (χ2n) is 8.33. The Bertz CT molecular complexity index is 794. The highest BCUT2D eigenvalue weighted by atomic mass is 19.4. The van der Waals surface area contributed by atoms with Crippen LogP contribution in [0.15, 0.2) is 0 Å². The average molecular weight is 604 g/mol. The summed E-state index contributed by atoms with van der Waals surface area (Å²) in [7, 11) is 0. The van der Waals surface area contributed by atoms with Crippen molar-refractivity contribution in [1.82, 2.24) is 0 Å². The molecule has 0 aromatic rings. The van der Waals surface area contributed by atoms with Gasteiger partial charge in [-0.2, -0.15) is 70.2 Å². The molecule has 0 aliphatic carbocycles. The molecule has 19 heteroatoms. The first-order valence-corrected chi connectivity index (χ1v) is 10.6. The van der Waals surface area contributed by atoms with E-state index >= 15 is 0 Å². The van der Waals surface area contributed by atoms with Crippen molar-refractivity contribution in [3.05, 3.63) is 0 Å². The highest BCUT2D eigenvalue weighted by Gasteiger charge is 2.95. The molecule has 2 nitrogen and oxygen atoms in total. The van der Waals surface area contributed by atoms with E-state index in [1.807, 2.05) is 6.92 Å². The Labute approximate surface area is 203 Å². The molecule has 1 atom stereocenters. The molecule has 38 heavy (non-hydrogen) atoms. The van der Waals surface area contributed by atoms with Gasteiger partial charge in [0.1, 0.15) is 0 Å². The smallest absolute Gasteiger partial charge is 0.410 e. The molecule has 1 unspecified atom stereocenters. The molecule has 0 aromatic heterocycles. The lowest BCUT2D eigenvalue weighted by atomic mass is 9.86. The zero-order valence-corrected chi connectivity index (χ0v) is 19.0. The molecule has 0 bridgehead atoms. The lowest BCUT2D eigenvalue weighted by molar-refractivity contribution is -0.453. The minimum atomic E-state index is -8.74. The number of halogens is 17. The molecule has 0 aromatic carbocycles.